The highest BCUT2D eigenvalue weighted by Crippen LogP contribution is 2.44. The van der Waals surface area contributed by atoms with E-state index in [9.17, 15) is 14.7 Å². The van der Waals surface area contributed by atoms with E-state index in [1.165, 1.54) is 0 Å². The highest BCUT2D eigenvalue weighted by atomic mass is 16.5. The van der Waals surface area contributed by atoms with Gasteiger partial charge in [0, 0.05) is 5.69 Å². The SMILES string of the molecule is CCc1cccc(C)c1NC(=O)[C@@H]1[C@@H](C(=O)O)[C@H]2CC[C@H]1O2. The molecule has 1 aromatic carbocycles. The number of ether oxygens (including phenoxy) is 1. The summed E-state index contributed by atoms with van der Waals surface area (Å²) in [5, 5.41) is 12.4. The molecule has 2 heterocycles. The molecule has 4 atom stereocenters. The Balaban J connectivity index is 1.84. The zero-order chi connectivity index (χ0) is 15.9. The molecule has 2 bridgehead atoms. The number of aliphatic carboxylic acids is 1. The van der Waals surface area contributed by atoms with Gasteiger partial charge in [0.15, 0.2) is 0 Å². The van der Waals surface area contributed by atoms with Gasteiger partial charge in [-0.05, 0) is 37.3 Å². The third kappa shape index (κ3) is 2.39. The van der Waals surface area contributed by atoms with Gasteiger partial charge in [-0.25, -0.2) is 0 Å². The molecule has 2 saturated heterocycles. The van der Waals surface area contributed by atoms with Gasteiger partial charge in [-0.2, -0.15) is 0 Å². The van der Waals surface area contributed by atoms with E-state index in [2.05, 4.69) is 5.32 Å². The molecule has 0 unspecified atom stereocenters. The topological polar surface area (TPSA) is 75.6 Å². The van der Waals surface area contributed by atoms with Gasteiger partial charge in [0.05, 0.1) is 24.0 Å². The number of benzene rings is 1. The quantitative estimate of drug-likeness (QED) is 0.895. The maximum atomic E-state index is 12.7. The van der Waals surface area contributed by atoms with Gasteiger partial charge < -0.3 is 15.2 Å². The predicted molar refractivity (Wildman–Crippen MR) is 81.7 cm³/mol. The number of hydrogen-bond donors (Lipinski definition) is 2. The van der Waals surface area contributed by atoms with Crippen molar-refractivity contribution in [2.75, 3.05) is 5.32 Å². The van der Waals surface area contributed by atoms with Crippen LogP contribution in [0.4, 0.5) is 5.69 Å². The van der Waals surface area contributed by atoms with Crippen LogP contribution in [0.2, 0.25) is 0 Å². The highest BCUT2D eigenvalue weighted by Gasteiger charge is 2.55. The number of carbonyl (C=O) groups is 2. The van der Waals surface area contributed by atoms with Gasteiger partial charge in [0.1, 0.15) is 0 Å². The van der Waals surface area contributed by atoms with E-state index in [1.807, 2.05) is 32.0 Å². The maximum Gasteiger partial charge on any atom is 0.310 e. The molecular formula is C17H21NO4. The standard InChI is InChI=1S/C17H21NO4/c1-3-10-6-4-5-9(2)15(10)18-16(19)13-11-7-8-12(22-11)14(13)17(20)21/h4-6,11-14H,3,7-8H2,1-2H3,(H,18,19)(H,20,21)/t11-,12-,13+,14+/m1/s1. The van der Waals surface area contributed by atoms with Crippen molar-refractivity contribution >= 4 is 17.6 Å². The number of carboxylic acids is 1. The summed E-state index contributed by atoms with van der Waals surface area (Å²) >= 11 is 0. The van der Waals surface area contributed by atoms with Crippen LogP contribution in [0.3, 0.4) is 0 Å². The second kappa shape index (κ2) is 5.72. The van der Waals surface area contributed by atoms with Crippen LogP contribution in [0.1, 0.15) is 30.9 Å². The summed E-state index contributed by atoms with van der Waals surface area (Å²) in [5.74, 6) is -2.50. The summed E-state index contributed by atoms with van der Waals surface area (Å²) < 4.78 is 5.66. The van der Waals surface area contributed by atoms with Gasteiger partial charge >= 0.3 is 5.97 Å². The first kappa shape index (κ1) is 15.0. The average Bonchev–Trinajstić information content (AvgIpc) is 3.09. The van der Waals surface area contributed by atoms with Gasteiger partial charge in [-0.3, -0.25) is 9.59 Å². The Morgan fingerprint density at radius 2 is 1.95 bits per heavy atom. The molecule has 0 spiro atoms. The molecule has 118 valence electrons. The lowest BCUT2D eigenvalue weighted by Gasteiger charge is -2.24. The Bertz CT molecular complexity index is 613. The Kier molecular flexibility index (Phi) is 3.91. The molecule has 2 aliphatic heterocycles. The number of rotatable bonds is 4. The van der Waals surface area contributed by atoms with E-state index in [-0.39, 0.29) is 18.1 Å². The minimum Gasteiger partial charge on any atom is -0.481 e. The summed E-state index contributed by atoms with van der Waals surface area (Å²) in [6.45, 7) is 3.98. The molecule has 5 nitrogen and oxygen atoms in total. The largest absolute Gasteiger partial charge is 0.481 e. The molecular weight excluding hydrogens is 282 g/mol. The van der Waals surface area contributed by atoms with Crippen molar-refractivity contribution < 1.29 is 19.4 Å². The van der Waals surface area contributed by atoms with Crippen LogP contribution in [0.15, 0.2) is 18.2 Å². The lowest BCUT2D eigenvalue weighted by atomic mass is 9.78. The summed E-state index contributed by atoms with van der Waals surface area (Å²) in [5.41, 5.74) is 2.86. The lowest BCUT2D eigenvalue weighted by molar-refractivity contribution is -0.147. The van der Waals surface area contributed by atoms with Crippen LogP contribution in [0.5, 0.6) is 0 Å². The first-order valence-corrected chi connectivity index (χ1v) is 7.80. The molecule has 0 aromatic heterocycles. The Hall–Kier alpha value is -1.88. The van der Waals surface area contributed by atoms with E-state index in [1.54, 1.807) is 0 Å². The minimum atomic E-state index is -0.937. The predicted octanol–water partition coefficient (Wildman–Crippen LogP) is 2.37. The van der Waals surface area contributed by atoms with E-state index < -0.39 is 17.8 Å². The molecule has 0 radical (unpaired) electrons. The summed E-state index contributed by atoms with van der Waals surface area (Å²) in [6.07, 6.45) is 1.73. The Morgan fingerprint density at radius 1 is 1.27 bits per heavy atom. The van der Waals surface area contributed by atoms with Crippen molar-refractivity contribution in [2.45, 2.75) is 45.3 Å². The molecule has 2 fully saturated rings. The van der Waals surface area contributed by atoms with Crippen molar-refractivity contribution in [2.24, 2.45) is 11.8 Å². The summed E-state index contributed by atoms with van der Waals surface area (Å²) in [4.78, 5) is 24.2. The van der Waals surface area contributed by atoms with Gasteiger partial charge in [-0.1, -0.05) is 25.1 Å². The number of hydrogen-bond acceptors (Lipinski definition) is 3. The Labute approximate surface area is 129 Å². The minimum absolute atomic E-state index is 0.233. The van der Waals surface area contributed by atoms with Crippen LogP contribution in [-0.4, -0.2) is 29.2 Å². The number of carboxylic acid groups (broad SMARTS) is 1. The molecule has 2 aliphatic rings. The normalized spacial score (nSPS) is 29.5. The van der Waals surface area contributed by atoms with Crippen molar-refractivity contribution in [1.29, 1.82) is 0 Å². The maximum absolute atomic E-state index is 12.7. The van der Waals surface area contributed by atoms with Crippen molar-refractivity contribution in [3.63, 3.8) is 0 Å². The second-order valence-corrected chi connectivity index (χ2v) is 6.13. The van der Waals surface area contributed by atoms with E-state index >= 15 is 0 Å². The zero-order valence-corrected chi connectivity index (χ0v) is 12.8. The van der Waals surface area contributed by atoms with Gasteiger partial charge in [0.2, 0.25) is 5.91 Å². The van der Waals surface area contributed by atoms with Crippen LogP contribution in [0.25, 0.3) is 0 Å². The number of anilines is 1. The highest BCUT2D eigenvalue weighted by molar-refractivity contribution is 5.97. The van der Waals surface area contributed by atoms with Crippen molar-refractivity contribution in [3.8, 4) is 0 Å². The fourth-order valence-corrected chi connectivity index (χ4v) is 3.73. The van der Waals surface area contributed by atoms with E-state index in [4.69, 9.17) is 4.74 Å². The first-order chi connectivity index (χ1) is 10.5. The fraction of sp³-hybridized carbons (Fsp3) is 0.529. The molecule has 22 heavy (non-hydrogen) atoms. The number of aryl methyl sites for hydroxylation is 2. The van der Waals surface area contributed by atoms with Crippen molar-refractivity contribution in [1.82, 2.24) is 0 Å². The molecule has 1 amide bonds. The van der Waals surface area contributed by atoms with Crippen LogP contribution < -0.4 is 5.32 Å². The fourth-order valence-electron chi connectivity index (χ4n) is 3.73. The molecule has 5 heteroatoms. The molecule has 0 aliphatic carbocycles. The monoisotopic (exact) mass is 303 g/mol. The van der Waals surface area contributed by atoms with Crippen LogP contribution in [0, 0.1) is 18.8 Å². The van der Waals surface area contributed by atoms with Gasteiger partial charge in [0.25, 0.3) is 0 Å². The number of amides is 1. The first-order valence-electron chi connectivity index (χ1n) is 7.80. The molecule has 3 rings (SSSR count). The molecule has 1 aromatic rings. The lowest BCUT2D eigenvalue weighted by Crippen LogP contribution is -2.41. The van der Waals surface area contributed by atoms with Crippen molar-refractivity contribution in [3.05, 3.63) is 29.3 Å². The van der Waals surface area contributed by atoms with Crippen LogP contribution in [-0.2, 0) is 20.7 Å². The number of para-hydroxylation sites is 1. The average molecular weight is 303 g/mol. The number of carbonyl (C=O) groups excluding carboxylic acids is 1. The van der Waals surface area contributed by atoms with E-state index in [0.29, 0.717) is 0 Å². The Morgan fingerprint density at radius 3 is 2.59 bits per heavy atom. The molecule has 0 saturated carbocycles. The summed E-state index contributed by atoms with van der Waals surface area (Å²) in [7, 11) is 0. The third-order valence-corrected chi connectivity index (χ3v) is 4.85. The molecule has 2 N–H and O–H groups in total. The third-order valence-electron chi connectivity index (χ3n) is 4.85. The summed E-state index contributed by atoms with van der Waals surface area (Å²) in [6, 6.07) is 5.89. The van der Waals surface area contributed by atoms with Gasteiger partial charge in [-0.15, -0.1) is 0 Å². The second-order valence-electron chi connectivity index (χ2n) is 6.13. The number of fused-ring (bicyclic) bond motifs is 2. The number of nitrogens with one attached hydrogen (secondary N) is 1. The van der Waals surface area contributed by atoms with E-state index in [0.717, 1.165) is 36.1 Å². The smallest absolute Gasteiger partial charge is 0.310 e. The zero-order valence-electron chi connectivity index (χ0n) is 12.8. The van der Waals surface area contributed by atoms with Crippen LogP contribution >= 0.6 is 0 Å².